The van der Waals surface area contributed by atoms with Crippen LogP contribution >= 0.6 is 0 Å². The summed E-state index contributed by atoms with van der Waals surface area (Å²) in [7, 11) is 0. The first-order valence-corrected chi connectivity index (χ1v) is 8.65. The van der Waals surface area contributed by atoms with Crippen molar-refractivity contribution in [3.05, 3.63) is 52.5 Å². The first-order valence-electron chi connectivity index (χ1n) is 8.65. The molecule has 1 atom stereocenters. The molecule has 0 aliphatic rings. The lowest BCUT2D eigenvalue weighted by molar-refractivity contribution is -0.136. The summed E-state index contributed by atoms with van der Waals surface area (Å²) < 4.78 is 11.2. The minimum Gasteiger partial charge on any atom is -0.490 e. The number of benzene rings is 1. The average Bonchev–Trinajstić information content (AvgIpc) is 2.93. The van der Waals surface area contributed by atoms with Crippen LogP contribution in [0.15, 0.2) is 28.9 Å². The summed E-state index contributed by atoms with van der Waals surface area (Å²) in [6.45, 7) is 8.03. The van der Waals surface area contributed by atoms with Crippen LogP contribution in [0.25, 0.3) is 0 Å². The van der Waals surface area contributed by atoms with Crippen molar-refractivity contribution in [3.63, 3.8) is 0 Å². The number of carboxylic acids is 1. The van der Waals surface area contributed by atoms with Gasteiger partial charge in [0, 0.05) is 17.7 Å². The molecule has 0 saturated carbocycles. The Labute approximate surface area is 153 Å². The number of furan rings is 1. The predicted octanol–water partition coefficient (Wildman–Crippen LogP) is 3.63. The number of hydrogen-bond acceptors (Lipinski definition) is 4. The lowest BCUT2D eigenvalue weighted by Crippen LogP contribution is -2.25. The van der Waals surface area contributed by atoms with Crippen molar-refractivity contribution in [2.75, 3.05) is 0 Å². The van der Waals surface area contributed by atoms with Gasteiger partial charge in [-0.05, 0) is 38.8 Å². The number of carbonyl (C=O) groups excluding carboxylic acids is 1. The van der Waals surface area contributed by atoms with E-state index in [1.807, 2.05) is 39.0 Å². The normalized spacial score (nSPS) is 11.8. The Morgan fingerprint density at radius 1 is 1.31 bits per heavy atom. The van der Waals surface area contributed by atoms with Gasteiger partial charge in [-0.3, -0.25) is 9.59 Å². The van der Waals surface area contributed by atoms with Gasteiger partial charge in [-0.1, -0.05) is 19.1 Å². The molecule has 6 nitrogen and oxygen atoms in total. The number of carbonyl (C=O) groups is 2. The van der Waals surface area contributed by atoms with E-state index in [0.717, 1.165) is 23.3 Å². The van der Waals surface area contributed by atoms with E-state index in [1.54, 1.807) is 6.92 Å². The van der Waals surface area contributed by atoms with Crippen molar-refractivity contribution in [2.24, 2.45) is 0 Å². The van der Waals surface area contributed by atoms with E-state index >= 15 is 0 Å². The van der Waals surface area contributed by atoms with Gasteiger partial charge in [-0.2, -0.15) is 0 Å². The third kappa shape index (κ3) is 4.88. The maximum absolute atomic E-state index is 12.6. The highest BCUT2D eigenvalue weighted by atomic mass is 16.5. The van der Waals surface area contributed by atoms with Crippen LogP contribution in [0.4, 0.5) is 0 Å². The van der Waals surface area contributed by atoms with E-state index in [9.17, 15) is 9.59 Å². The van der Waals surface area contributed by atoms with Gasteiger partial charge >= 0.3 is 5.97 Å². The van der Waals surface area contributed by atoms with E-state index in [1.165, 1.54) is 6.26 Å². The fourth-order valence-electron chi connectivity index (χ4n) is 2.55. The molecule has 1 heterocycles. The molecule has 0 saturated heterocycles. The monoisotopic (exact) mass is 359 g/mol. The molecule has 0 spiro atoms. The zero-order valence-corrected chi connectivity index (χ0v) is 15.6. The first kappa shape index (κ1) is 19.6. The Morgan fingerprint density at radius 2 is 2.04 bits per heavy atom. The third-order valence-corrected chi connectivity index (χ3v) is 4.16. The average molecular weight is 359 g/mol. The number of ether oxygens (including phenoxy) is 1. The van der Waals surface area contributed by atoms with E-state index < -0.39 is 5.97 Å². The van der Waals surface area contributed by atoms with E-state index in [4.69, 9.17) is 14.3 Å². The van der Waals surface area contributed by atoms with Crippen molar-refractivity contribution in [3.8, 4) is 5.75 Å². The predicted molar refractivity (Wildman–Crippen MR) is 97.5 cm³/mol. The Morgan fingerprint density at radius 3 is 2.69 bits per heavy atom. The molecule has 0 aliphatic carbocycles. The quantitative estimate of drug-likeness (QED) is 0.751. The molecule has 140 valence electrons. The van der Waals surface area contributed by atoms with Crippen LogP contribution in [-0.2, 0) is 17.8 Å². The molecular weight excluding hydrogens is 334 g/mol. The third-order valence-electron chi connectivity index (χ3n) is 4.16. The van der Waals surface area contributed by atoms with Gasteiger partial charge in [-0.25, -0.2) is 0 Å². The van der Waals surface area contributed by atoms with Crippen LogP contribution in [-0.4, -0.2) is 23.1 Å². The minimum absolute atomic E-state index is 0.0736. The van der Waals surface area contributed by atoms with Crippen LogP contribution in [0.2, 0.25) is 0 Å². The Hall–Kier alpha value is -2.76. The number of hydrogen-bond donors (Lipinski definition) is 2. The minimum atomic E-state index is -1.05. The number of rotatable bonds is 8. The molecule has 26 heavy (non-hydrogen) atoms. The second kappa shape index (κ2) is 8.56. The zero-order valence-electron chi connectivity index (χ0n) is 15.6. The largest absolute Gasteiger partial charge is 0.490 e. The van der Waals surface area contributed by atoms with Crippen molar-refractivity contribution < 1.29 is 23.8 Å². The number of amides is 1. The maximum atomic E-state index is 12.6. The van der Waals surface area contributed by atoms with Crippen molar-refractivity contribution >= 4 is 11.9 Å². The van der Waals surface area contributed by atoms with Gasteiger partial charge in [0.25, 0.3) is 5.91 Å². The molecular formula is C20H25NO5. The van der Waals surface area contributed by atoms with Gasteiger partial charge < -0.3 is 19.6 Å². The standard InChI is InChI=1S/C20H25NO5/c1-5-14(4)26-16-8-12(2)6-7-15(16)10-21-20(24)19-13(3)11-25-17(19)9-18(22)23/h6-8,11,14H,5,9-10H2,1-4H3,(H,21,24)(H,22,23). The van der Waals surface area contributed by atoms with Gasteiger partial charge in [-0.15, -0.1) is 0 Å². The zero-order chi connectivity index (χ0) is 19.3. The molecule has 0 fully saturated rings. The Balaban J connectivity index is 2.15. The van der Waals surface area contributed by atoms with E-state index in [0.29, 0.717) is 5.56 Å². The molecule has 2 N–H and O–H groups in total. The van der Waals surface area contributed by atoms with Gasteiger partial charge in [0.05, 0.1) is 17.9 Å². The van der Waals surface area contributed by atoms with E-state index in [-0.39, 0.29) is 36.3 Å². The van der Waals surface area contributed by atoms with Gasteiger partial charge in [0.1, 0.15) is 17.9 Å². The SMILES string of the molecule is CCC(C)Oc1cc(C)ccc1CNC(=O)c1c(C)coc1CC(=O)O. The Bertz CT molecular complexity index is 793. The van der Waals surface area contributed by atoms with Gasteiger partial charge in [0.15, 0.2) is 0 Å². The molecule has 1 aromatic heterocycles. The second-order valence-corrected chi connectivity index (χ2v) is 6.42. The summed E-state index contributed by atoms with van der Waals surface area (Å²) >= 11 is 0. The Kier molecular flexibility index (Phi) is 6.44. The van der Waals surface area contributed by atoms with Crippen LogP contribution in [0.5, 0.6) is 5.75 Å². The summed E-state index contributed by atoms with van der Waals surface area (Å²) in [4.78, 5) is 23.5. The molecule has 1 unspecified atom stereocenters. The summed E-state index contributed by atoms with van der Waals surface area (Å²) in [6.07, 6.45) is 2.02. The molecule has 1 aromatic carbocycles. The van der Waals surface area contributed by atoms with Crippen molar-refractivity contribution in [1.82, 2.24) is 5.32 Å². The van der Waals surface area contributed by atoms with Crippen molar-refractivity contribution in [1.29, 1.82) is 0 Å². The van der Waals surface area contributed by atoms with Crippen LogP contribution in [0.1, 0.15) is 53.1 Å². The highest BCUT2D eigenvalue weighted by Gasteiger charge is 2.20. The van der Waals surface area contributed by atoms with Crippen LogP contribution < -0.4 is 10.1 Å². The molecule has 1 amide bonds. The molecule has 0 bridgehead atoms. The molecule has 0 aliphatic heterocycles. The summed E-state index contributed by atoms with van der Waals surface area (Å²) in [5.74, 6) is -0.499. The van der Waals surface area contributed by atoms with E-state index in [2.05, 4.69) is 5.32 Å². The molecule has 6 heteroatoms. The van der Waals surface area contributed by atoms with Crippen LogP contribution in [0.3, 0.4) is 0 Å². The smallest absolute Gasteiger partial charge is 0.311 e. The topological polar surface area (TPSA) is 88.8 Å². The summed E-state index contributed by atoms with van der Waals surface area (Å²) in [5.41, 5.74) is 2.83. The molecule has 0 radical (unpaired) electrons. The second-order valence-electron chi connectivity index (χ2n) is 6.42. The van der Waals surface area contributed by atoms with Gasteiger partial charge in [0.2, 0.25) is 0 Å². The number of carboxylic acid groups (broad SMARTS) is 1. The fourth-order valence-corrected chi connectivity index (χ4v) is 2.55. The maximum Gasteiger partial charge on any atom is 0.311 e. The summed E-state index contributed by atoms with van der Waals surface area (Å²) in [6, 6.07) is 5.84. The molecule has 2 aromatic rings. The lowest BCUT2D eigenvalue weighted by Gasteiger charge is -2.17. The first-order chi connectivity index (χ1) is 12.3. The summed E-state index contributed by atoms with van der Waals surface area (Å²) in [5, 5.41) is 11.8. The number of nitrogens with one attached hydrogen (secondary N) is 1. The lowest BCUT2D eigenvalue weighted by atomic mass is 10.1. The van der Waals surface area contributed by atoms with Crippen molar-refractivity contribution in [2.45, 2.75) is 53.2 Å². The number of aryl methyl sites for hydroxylation is 2. The number of aliphatic carboxylic acids is 1. The highest BCUT2D eigenvalue weighted by molar-refractivity contribution is 5.97. The fraction of sp³-hybridized carbons (Fsp3) is 0.400. The highest BCUT2D eigenvalue weighted by Crippen LogP contribution is 2.23. The van der Waals surface area contributed by atoms with Crippen LogP contribution in [0, 0.1) is 13.8 Å². The molecule has 2 rings (SSSR count).